The van der Waals surface area contributed by atoms with Gasteiger partial charge in [-0.1, -0.05) is 54.6 Å². The topological polar surface area (TPSA) is 17.1 Å². The average Bonchev–Trinajstić information content (AvgIpc) is 2.61. The third-order valence-electron chi connectivity index (χ3n) is 5.22. The van der Waals surface area contributed by atoms with Crippen LogP contribution in [0.4, 0.5) is 0 Å². The molecular weight excluding hydrogens is 294 g/mol. The van der Waals surface area contributed by atoms with Crippen molar-refractivity contribution in [2.45, 2.75) is 33.6 Å². The van der Waals surface area contributed by atoms with E-state index in [1.807, 2.05) is 12.1 Å². The lowest BCUT2D eigenvalue weighted by Crippen LogP contribution is -2.52. The number of Topliss-reactive ketones (excluding diaryl/α,β-unsaturated/α-hetero) is 1. The van der Waals surface area contributed by atoms with Crippen molar-refractivity contribution in [2.75, 3.05) is 26.2 Å². The first-order chi connectivity index (χ1) is 11.6. The Morgan fingerprint density at radius 3 is 2.17 bits per heavy atom. The largest absolute Gasteiger partial charge is 0.318 e. The third-order valence-corrected chi connectivity index (χ3v) is 5.22. The Balaban J connectivity index is 2.01. The molecule has 0 spiro atoms. The van der Waals surface area contributed by atoms with Crippen LogP contribution in [0.5, 0.6) is 0 Å². The zero-order valence-electron chi connectivity index (χ0n) is 15.3. The molecule has 0 atom stereocenters. The van der Waals surface area contributed by atoms with E-state index in [1.165, 1.54) is 11.1 Å². The number of rotatable bonds is 9. The lowest BCUT2D eigenvalue weighted by Gasteiger charge is -2.36. The quantitative estimate of drug-likeness (QED) is 0.632. The predicted octanol–water partition coefficient (Wildman–Crippen LogP) is 4.21. The summed E-state index contributed by atoms with van der Waals surface area (Å²) in [7, 11) is 0. The van der Waals surface area contributed by atoms with Gasteiger partial charge >= 0.3 is 0 Å². The van der Waals surface area contributed by atoms with Crippen LogP contribution in [0.25, 0.3) is 0 Å². The standard InChI is InChI=1S/C22H30NO/c1-4-23(5-2,16-15-20-12-7-6-8-13-20)18-22(24)17-21-14-10-9-11-19(21)3/h6-14H,4-5,15-18H2,1-3H3/q+1. The van der Waals surface area contributed by atoms with Gasteiger partial charge in [0.05, 0.1) is 19.6 Å². The van der Waals surface area contributed by atoms with Crippen LogP contribution in [0, 0.1) is 6.92 Å². The highest BCUT2D eigenvalue weighted by atomic mass is 16.1. The molecule has 0 N–H and O–H groups in total. The lowest BCUT2D eigenvalue weighted by atomic mass is 10.0. The Labute approximate surface area is 146 Å². The van der Waals surface area contributed by atoms with E-state index in [2.05, 4.69) is 63.2 Å². The molecular formula is C22H30NO+. The number of quaternary nitrogens is 1. The number of aryl methyl sites for hydroxylation is 1. The first-order valence-corrected chi connectivity index (χ1v) is 9.04. The van der Waals surface area contributed by atoms with Crippen molar-refractivity contribution in [3.05, 3.63) is 71.3 Å². The van der Waals surface area contributed by atoms with Gasteiger partial charge in [-0.15, -0.1) is 0 Å². The fourth-order valence-electron chi connectivity index (χ4n) is 3.30. The smallest absolute Gasteiger partial charge is 0.191 e. The lowest BCUT2D eigenvalue weighted by molar-refractivity contribution is -0.917. The van der Waals surface area contributed by atoms with Crippen LogP contribution in [0.15, 0.2) is 54.6 Å². The fraction of sp³-hybridized carbons (Fsp3) is 0.409. The summed E-state index contributed by atoms with van der Waals surface area (Å²) in [5.74, 6) is 0.348. The predicted molar refractivity (Wildman–Crippen MR) is 101 cm³/mol. The Morgan fingerprint density at radius 2 is 1.54 bits per heavy atom. The number of ketones is 1. The molecule has 2 heteroatoms. The molecule has 2 rings (SSSR count). The molecule has 0 radical (unpaired) electrons. The van der Waals surface area contributed by atoms with E-state index in [0.29, 0.717) is 18.7 Å². The number of hydrogen-bond acceptors (Lipinski definition) is 1. The van der Waals surface area contributed by atoms with Crippen molar-refractivity contribution in [3.8, 4) is 0 Å². The zero-order valence-corrected chi connectivity index (χ0v) is 15.3. The Kier molecular flexibility index (Phi) is 6.74. The minimum atomic E-state index is 0.348. The molecule has 0 bridgehead atoms. The number of nitrogens with zero attached hydrogens (tertiary/aromatic N) is 1. The number of hydrogen-bond donors (Lipinski definition) is 0. The minimum absolute atomic E-state index is 0.348. The van der Waals surface area contributed by atoms with E-state index in [0.717, 1.165) is 36.1 Å². The SMILES string of the molecule is CC[N+](CC)(CCc1ccccc1)CC(=O)Cc1ccccc1C. The van der Waals surface area contributed by atoms with Crippen LogP contribution in [-0.2, 0) is 17.6 Å². The molecule has 0 unspecified atom stereocenters. The van der Waals surface area contributed by atoms with E-state index in [9.17, 15) is 4.79 Å². The van der Waals surface area contributed by atoms with E-state index < -0.39 is 0 Å². The summed E-state index contributed by atoms with van der Waals surface area (Å²) in [6.45, 7) is 10.2. The molecule has 0 amide bonds. The number of carbonyl (C=O) groups excluding carboxylic acids is 1. The van der Waals surface area contributed by atoms with Crippen LogP contribution < -0.4 is 0 Å². The second kappa shape index (κ2) is 8.79. The van der Waals surface area contributed by atoms with E-state index >= 15 is 0 Å². The molecule has 0 heterocycles. The Bertz CT molecular complexity index is 644. The van der Waals surface area contributed by atoms with Gasteiger partial charge in [-0.2, -0.15) is 0 Å². The van der Waals surface area contributed by atoms with Crippen LogP contribution >= 0.6 is 0 Å². The molecule has 0 aromatic heterocycles. The maximum absolute atomic E-state index is 12.7. The van der Waals surface area contributed by atoms with Gasteiger partial charge in [-0.05, 0) is 37.5 Å². The molecule has 0 aliphatic rings. The molecule has 2 aromatic carbocycles. The van der Waals surface area contributed by atoms with Crippen molar-refractivity contribution in [1.82, 2.24) is 0 Å². The monoisotopic (exact) mass is 324 g/mol. The molecule has 24 heavy (non-hydrogen) atoms. The van der Waals surface area contributed by atoms with Crippen molar-refractivity contribution in [3.63, 3.8) is 0 Å². The van der Waals surface area contributed by atoms with Crippen molar-refractivity contribution < 1.29 is 9.28 Å². The van der Waals surface area contributed by atoms with Crippen LogP contribution in [0.1, 0.15) is 30.5 Å². The van der Waals surface area contributed by atoms with E-state index in [4.69, 9.17) is 0 Å². The van der Waals surface area contributed by atoms with Crippen molar-refractivity contribution >= 4 is 5.78 Å². The van der Waals surface area contributed by atoms with Crippen LogP contribution in [0.2, 0.25) is 0 Å². The van der Waals surface area contributed by atoms with Gasteiger partial charge in [0.1, 0.15) is 6.54 Å². The summed E-state index contributed by atoms with van der Waals surface area (Å²) in [5.41, 5.74) is 3.73. The molecule has 0 fully saturated rings. The first-order valence-electron chi connectivity index (χ1n) is 9.04. The molecule has 0 aliphatic heterocycles. The molecule has 0 aliphatic carbocycles. The van der Waals surface area contributed by atoms with Gasteiger partial charge in [-0.3, -0.25) is 4.79 Å². The summed E-state index contributed by atoms with van der Waals surface area (Å²) in [4.78, 5) is 12.7. The van der Waals surface area contributed by atoms with Crippen molar-refractivity contribution in [2.24, 2.45) is 0 Å². The maximum Gasteiger partial charge on any atom is 0.191 e. The molecule has 0 saturated carbocycles. The van der Waals surface area contributed by atoms with Gasteiger partial charge in [0.2, 0.25) is 0 Å². The van der Waals surface area contributed by atoms with Gasteiger partial charge in [0, 0.05) is 12.8 Å². The summed E-state index contributed by atoms with van der Waals surface area (Å²) in [5, 5.41) is 0. The normalized spacial score (nSPS) is 11.5. The van der Waals surface area contributed by atoms with Gasteiger partial charge in [0.15, 0.2) is 5.78 Å². The number of likely N-dealkylation sites (N-methyl/N-ethyl adjacent to an activating group) is 1. The molecule has 2 nitrogen and oxygen atoms in total. The highest BCUT2D eigenvalue weighted by Gasteiger charge is 2.26. The Hall–Kier alpha value is -1.93. The second-order valence-corrected chi connectivity index (χ2v) is 6.73. The van der Waals surface area contributed by atoms with Crippen molar-refractivity contribution in [1.29, 1.82) is 0 Å². The maximum atomic E-state index is 12.7. The summed E-state index contributed by atoms with van der Waals surface area (Å²) in [6.07, 6.45) is 1.58. The summed E-state index contributed by atoms with van der Waals surface area (Å²) >= 11 is 0. The summed E-state index contributed by atoms with van der Waals surface area (Å²) in [6, 6.07) is 18.8. The third kappa shape index (κ3) is 5.04. The van der Waals surface area contributed by atoms with Gasteiger partial charge in [-0.25, -0.2) is 0 Å². The fourth-order valence-corrected chi connectivity index (χ4v) is 3.30. The first kappa shape index (κ1) is 18.4. The van der Waals surface area contributed by atoms with Gasteiger partial charge in [0.25, 0.3) is 0 Å². The number of benzene rings is 2. The highest BCUT2D eigenvalue weighted by molar-refractivity contribution is 5.82. The van der Waals surface area contributed by atoms with Gasteiger partial charge < -0.3 is 4.48 Å². The van der Waals surface area contributed by atoms with E-state index in [1.54, 1.807) is 0 Å². The second-order valence-electron chi connectivity index (χ2n) is 6.73. The van der Waals surface area contributed by atoms with E-state index in [-0.39, 0.29) is 0 Å². The molecule has 0 saturated heterocycles. The average molecular weight is 324 g/mol. The molecule has 2 aromatic rings. The number of carbonyl (C=O) groups is 1. The van der Waals surface area contributed by atoms with Crippen LogP contribution in [-0.4, -0.2) is 36.4 Å². The Morgan fingerprint density at radius 1 is 0.917 bits per heavy atom. The minimum Gasteiger partial charge on any atom is -0.318 e. The highest BCUT2D eigenvalue weighted by Crippen LogP contribution is 2.13. The summed E-state index contributed by atoms with van der Waals surface area (Å²) < 4.78 is 0.875. The van der Waals surface area contributed by atoms with Crippen LogP contribution in [0.3, 0.4) is 0 Å². The zero-order chi connectivity index (χ0) is 17.4. The molecule has 128 valence electrons.